The van der Waals surface area contributed by atoms with Crippen molar-refractivity contribution in [2.45, 2.75) is 0 Å². The Labute approximate surface area is 130 Å². The predicted molar refractivity (Wildman–Crippen MR) is 83.1 cm³/mol. The number of benzene rings is 1. The molecule has 1 heterocycles. The summed E-state index contributed by atoms with van der Waals surface area (Å²) < 4.78 is 0.925. The van der Waals surface area contributed by atoms with Crippen molar-refractivity contribution in [1.29, 1.82) is 0 Å². The van der Waals surface area contributed by atoms with E-state index in [2.05, 4.69) is 27.9 Å². The molecule has 5 nitrogen and oxygen atoms in total. The number of nitrogens with zero attached hydrogens (tertiary/aromatic N) is 1. The van der Waals surface area contributed by atoms with Crippen LogP contribution >= 0.6 is 45.5 Å². The molecule has 1 aromatic carbocycles. The normalized spacial score (nSPS) is 10.2. The lowest BCUT2D eigenvalue weighted by Gasteiger charge is -2.06. The third-order valence-electron chi connectivity index (χ3n) is 2.17. The molecule has 0 unspecified atom stereocenters. The Morgan fingerprint density at radius 2 is 2.11 bits per heavy atom. The van der Waals surface area contributed by atoms with Crippen molar-refractivity contribution < 1.29 is 9.72 Å². The van der Waals surface area contributed by atoms with Gasteiger partial charge in [-0.1, -0.05) is 22.9 Å². The highest BCUT2D eigenvalue weighted by Crippen LogP contribution is 2.27. The number of anilines is 1. The first-order valence-electron chi connectivity index (χ1n) is 4.98. The Morgan fingerprint density at radius 1 is 1.37 bits per heavy atom. The first kappa shape index (κ1) is 14.2. The van der Waals surface area contributed by atoms with E-state index in [1.165, 1.54) is 12.1 Å². The second-order valence-corrected chi connectivity index (χ2v) is 6.19. The number of hydrogen-bond acceptors (Lipinski definition) is 4. The van der Waals surface area contributed by atoms with Crippen LogP contribution in [0.5, 0.6) is 0 Å². The molecular weight excluding hydrogens is 403 g/mol. The maximum absolute atomic E-state index is 11.9. The van der Waals surface area contributed by atoms with Gasteiger partial charge in [-0.25, -0.2) is 0 Å². The standard InChI is InChI=1S/C11H6ClIN2O3S/c12-7-2-1-6(13)5-8(7)14-11(16)9-3-4-10(19-9)15(17)18/h1-5H,(H,14,16). The summed E-state index contributed by atoms with van der Waals surface area (Å²) in [5, 5.41) is 13.5. The lowest BCUT2D eigenvalue weighted by Crippen LogP contribution is -2.10. The van der Waals surface area contributed by atoms with Gasteiger partial charge in [0.2, 0.25) is 0 Å². The van der Waals surface area contributed by atoms with Crippen LogP contribution in [0.3, 0.4) is 0 Å². The molecule has 8 heteroatoms. The number of rotatable bonds is 3. The summed E-state index contributed by atoms with van der Waals surface area (Å²) in [7, 11) is 0. The number of nitrogens with one attached hydrogen (secondary N) is 1. The van der Waals surface area contributed by atoms with E-state index in [9.17, 15) is 14.9 Å². The van der Waals surface area contributed by atoms with Gasteiger partial charge in [0.25, 0.3) is 5.91 Å². The first-order chi connectivity index (χ1) is 8.97. The Kier molecular flexibility index (Phi) is 4.38. The fraction of sp³-hybridized carbons (Fsp3) is 0. The molecule has 0 bridgehead atoms. The van der Waals surface area contributed by atoms with Gasteiger partial charge >= 0.3 is 5.00 Å². The third-order valence-corrected chi connectivity index (χ3v) is 4.21. The molecular formula is C11H6ClIN2O3S. The largest absolute Gasteiger partial charge is 0.324 e. The molecule has 2 aromatic rings. The Balaban J connectivity index is 2.20. The van der Waals surface area contributed by atoms with Crippen molar-refractivity contribution in [3.8, 4) is 0 Å². The van der Waals surface area contributed by atoms with Crippen LogP contribution in [-0.4, -0.2) is 10.8 Å². The summed E-state index contributed by atoms with van der Waals surface area (Å²) in [4.78, 5) is 22.2. The van der Waals surface area contributed by atoms with Gasteiger partial charge in [0, 0.05) is 9.64 Å². The quantitative estimate of drug-likeness (QED) is 0.471. The fourth-order valence-electron chi connectivity index (χ4n) is 1.33. The Hall–Kier alpha value is -1.19. The number of hydrogen-bond donors (Lipinski definition) is 1. The Bertz CT molecular complexity index is 659. The number of nitro groups is 1. The van der Waals surface area contributed by atoms with Crippen LogP contribution in [0.25, 0.3) is 0 Å². The number of carbonyl (C=O) groups is 1. The van der Waals surface area contributed by atoms with Crippen molar-refractivity contribution in [3.63, 3.8) is 0 Å². The lowest BCUT2D eigenvalue weighted by molar-refractivity contribution is -0.380. The molecule has 0 atom stereocenters. The molecule has 0 fully saturated rings. The van der Waals surface area contributed by atoms with E-state index in [1.54, 1.807) is 12.1 Å². The summed E-state index contributed by atoms with van der Waals surface area (Å²) in [6, 6.07) is 7.93. The molecule has 1 N–H and O–H groups in total. The monoisotopic (exact) mass is 408 g/mol. The zero-order valence-corrected chi connectivity index (χ0v) is 13.0. The summed E-state index contributed by atoms with van der Waals surface area (Å²) in [6.45, 7) is 0. The van der Waals surface area contributed by atoms with E-state index < -0.39 is 10.8 Å². The molecule has 0 saturated carbocycles. The average Bonchev–Trinajstić information content (AvgIpc) is 2.83. The van der Waals surface area contributed by atoms with E-state index in [-0.39, 0.29) is 9.88 Å². The van der Waals surface area contributed by atoms with E-state index in [0.29, 0.717) is 10.7 Å². The summed E-state index contributed by atoms with van der Waals surface area (Å²) in [5.41, 5.74) is 0.481. The minimum atomic E-state index is -0.528. The fourth-order valence-corrected chi connectivity index (χ4v) is 2.70. The van der Waals surface area contributed by atoms with Crippen LogP contribution in [-0.2, 0) is 0 Å². The average molecular weight is 409 g/mol. The first-order valence-corrected chi connectivity index (χ1v) is 7.25. The van der Waals surface area contributed by atoms with Gasteiger partial charge in [0.05, 0.1) is 20.5 Å². The molecule has 0 aliphatic rings. The van der Waals surface area contributed by atoms with E-state index in [0.717, 1.165) is 14.9 Å². The molecule has 0 radical (unpaired) electrons. The molecule has 1 aromatic heterocycles. The Morgan fingerprint density at radius 3 is 2.74 bits per heavy atom. The van der Waals surface area contributed by atoms with E-state index in [4.69, 9.17) is 11.6 Å². The number of thiophene rings is 1. The van der Waals surface area contributed by atoms with Crippen LogP contribution < -0.4 is 5.32 Å². The summed E-state index contributed by atoms with van der Waals surface area (Å²) in [5.74, 6) is -0.415. The van der Waals surface area contributed by atoms with Crippen molar-refractivity contribution in [1.82, 2.24) is 0 Å². The molecule has 1 amide bonds. The maximum Gasteiger partial charge on any atom is 0.324 e. The molecule has 0 spiro atoms. The van der Waals surface area contributed by atoms with Gasteiger partial charge in [0.1, 0.15) is 0 Å². The highest BCUT2D eigenvalue weighted by Gasteiger charge is 2.16. The van der Waals surface area contributed by atoms with E-state index in [1.807, 2.05) is 6.07 Å². The zero-order valence-electron chi connectivity index (χ0n) is 9.22. The molecule has 19 heavy (non-hydrogen) atoms. The van der Waals surface area contributed by atoms with Gasteiger partial charge < -0.3 is 5.32 Å². The zero-order chi connectivity index (χ0) is 14.0. The maximum atomic E-state index is 11.9. The van der Waals surface area contributed by atoms with Gasteiger partial charge in [0.15, 0.2) is 0 Å². The van der Waals surface area contributed by atoms with E-state index >= 15 is 0 Å². The van der Waals surface area contributed by atoms with Crippen LogP contribution in [0.2, 0.25) is 5.02 Å². The third kappa shape index (κ3) is 3.43. The molecule has 2 rings (SSSR count). The SMILES string of the molecule is O=C(Nc1cc(I)ccc1Cl)c1ccc([N+](=O)[O-])s1. The minimum absolute atomic E-state index is 0.0705. The van der Waals surface area contributed by atoms with Gasteiger partial charge in [-0.2, -0.15) is 0 Å². The van der Waals surface area contributed by atoms with Crippen LogP contribution in [0.15, 0.2) is 30.3 Å². The second-order valence-electron chi connectivity index (χ2n) is 3.47. The van der Waals surface area contributed by atoms with Gasteiger partial charge in [-0.15, -0.1) is 0 Å². The lowest BCUT2D eigenvalue weighted by atomic mass is 10.3. The summed E-state index contributed by atoms with van der Waals surface area (Å²) >= 11 is 8.88. The smallest absolute Gasteiger partial charge is 0.320 e. The highest BCUT2D eigenvalue weighted by atomic mass is 127. The molecule has 0 aliphatic heterocycles. The van der Waals surface area contributed by atoms with Crippen LogP contribution in [0.1, 0.15) is 9.67 Å². The molecule has 0 saturated heterocycles. The summed E-state index contributed by atoms with van der Waals surface area (Å²) in [6.07, 6.45) is 0. The van der Waals surface area contributed by atoms with Crippen molar-refractivity contribution in [2.24, 2.45) is 0 Å². The number of carbonyl (C=O) groups excluding carboxylic acids is 1. The van der Waals surface area contributed by atoms with Crippen molar-refractivity contribution in [3.05, 3.63) is 53.9 Å². The van der Waals surface area contributed by atoms with Gasteiger partial charge in [-0.3, -0.25) is 14.9 Å². The van der Waals surface area contributed by atoms with Crippen molar-refractivity contribution >= 4 is 62.1 Å². The molecule has 0 aliphatic carbocycles. The van der Waals surface area contributed by atoms with Crippen LogP contribution in [0.4, 0.5) is 10.7 Å². The topological polar surface area (TPSA) is 72.2 Å². The number of halogens is 2. The minimum Gasteiger partial charge on any atom is -0.320 e. The number of amides is 1. The predicted octanol–water partition coefficient (Wildman–Crippen LogP) is 4.17. The second kappa shape index (κ2) is 5.85. The highest BCUT2D eigenvalue weighted by molar-refractivity contribution is 14.1. The molecule has 98 valence electrons. The van der Waals surface area contributed by atoms with Gasteiger partial charge in [-0.05, 0) is 46.9 Å². The van der Waals surface area contributed by atoms with Crippen molar-refractivity contribution in [2.75, 3.05) is 5.32 Å². The van der Waals surface area contributed by atoms with Crippen LogP contribution in [0, 0.1) is 13.7 Å².